The Hall–Kier alpha value is -0.340. The predicted molar refractivity (Wildman–Crippen MR) is 58.3 cm³/mol. The lowest BCUT2D eigenvalue weighted by atomic mass is 9.87. The summed E-state index contributed by atoms with van der Waals surface area (Å²) in [6.07, 6.45) is 4.58. The third-order valence-corrected chi connectivity index (χ3v) is 3.05. The van der Waals surface area contributed by atoms with Gasteiger partial charge in [-0.2, -0.15) is 0 Å². The quantitative estimate of drug-likeness (QED) is 0.704. The number of hydrogen-bond acceptors (Lipinski definition) is 2. The van der Waals surface area contributed by atoms with E-state index in [1.54, 1.807) is 0 Å². The van der Waals surface area contributed by atoms with Crippen molar-refractivity contribution in [2.75, 3.05) is 6.61 Å². The van der Waals surface area contributed by atoms with Crippen LogP contribution in [0.5, 0.6) is 0 Å². The minimum absolute atomic E-state index is 0.312. The van der Waals surface area contributed by atoms with Crippen LogP contribution >= 0.6 is 0 Å². The van der Waals surface area contributed by atoms with E-state index in [-0.39, 0.29) is 11.7 Å². The van der Waals surface area contributed by atoms with E-state index in [2.05, 4.69) is 6.58 Å². The van der Waals surface area contributed by atoms with Crippen LogP contribution in [-0.2, 0) is 4.74 Å². The summed E-state index contributed by atoms with van der Waals surface area (Å²) in [7, 11) is 0. The third kappa shape index (κ3) is 3.10. The molecule has 1 aliphatic rings. The molecule has 1 saturated heterocycles. The van der Waals surface area contributed by atoms with Gasteiger partial charge < -0.3 is 9.84 Å². The molecule has 0 radical (unpaired) electrons. The van der Waals surface area contributed by atoms with Gasteiger partial charge in [0.05, 0.1) is 11.7 Å². The highest BCUT2D eigenvalue weighted by atomic mass is 16.5. The van der Waals surface area contributed by atoms with E-state index in [1.165, 1.54) is 6.42 Å². The van der Waals surface area contributed by atoms with E-state index >= 15 is 0 Å². The van der Waals surface area contributed by atoms with Gasteiger partial charge in [-0.25, -0.2) is 0 Å². The molecule has 0 aromatic carbocycles. The average Bonchev–Trinajstić information content (AvgIpc) is 2.15. The van der Waals surface area contributed by atoms with E-state index in [1.807, 2.05) is 13.8 Å². The number of hydrogen-bond donors (Lipinski definition) is 1. The summed E-state index contributed by atoms with van der Waals surface area (Å²) >= 11 is 0. The summed E-state index contributed by atoms with van der Waals surface area (Å²) in [5.41, 5.74) is 0.816. The van der Waals surface area contributed by atoms with Crippen molar-refractivity contribution in [3.05, 3.63) is 12.2 Å². The largest absolute Gasteiger partial charge is 0.390 e. The fourth-order valence-corrected chi connectivity index (χ4v) is 1.91. The molecule has 2 heteroatoms. The van der Waals surface area contributed by atoms with Crippen LogP contribution in [0.2, 0.25) is 0 Å². The van der Waals surface area contributed by atoms with Crippen LogP contribution < -0.4 is 0 Å². The van der Waals surface area contributed by atoms with Crippen LogP contribution in [0.1, 0.15) is 46.0 Å². The van der Waals surface area contributed by atoms with Crippen molar-refractivity contribution >= 4 is 0 Å². The molecule has 0 aromatic rings. The molecule has 0 spiro atoms. The second-order valence-corrected chi connectivity index (χ2v) is 4.63. The van der Waals surface area contributed by atoms with Crippen molar-refractivity contribution in [2.45, 2.75) is 57.7 Å². The van der Waals surface area contributed by atoms with Crippen LogP contribution in [0.15, 0.2) is 12.2 Å². The summed E-state index contributed by atoms with van der Waals surface area (Å²) in [5, 5.41) is 10.0. The van der Waals surface area contributed by atoms with Crippen LogP contribution in [0.25, 0.3) is 0 Å². The van der Waals surface area contributed by atoms with Gasteiger partial charge in [-0.05, 0) is 46.0 Å². The van der Waals surface area contributed by atoms with Gasteiger partial charge in [0.1, 0.15) is 0 Å². The lowest BCUT2D eigenvalue weighted by Crippen LogP contribution is -2.44. The van der Waals surface area contributed by atoms with Crippen LogP contribution in [-0.4, -0.2) is 23.4 Å². The first-order chi connectivity index (χ1) is 6.54. The van der Waals surface area contributed by atoms with Crippen molar-refractivity contribution in [1.29, 1.82) is 0 Å². The van der Waals surface area contributed by atoms with Gasteiger partial charge in [0.25, 0.3) is 0 Å². The fourth-order valence-electron chi connectivity index (χ4n) is 1.91. The molecule has 2 nitrogen and oxygen atoms in total. The Morgan fingerprint density at radius 2 is 2.29 bits per heavy atom. The third-order valence-electron chi connectivity index (χ3n) is 3.05. The molecule has 82 valence electrons. The Kier molecular flexibility index (Phi) is 4.14. The second-order valence-electron chi connectivity index (χ2n) is 4.63. The van der Waals surface area contributed by atoms with Crippen LogP contribution in [0, 0.1) is 0 Å². The van der Waals surface area contributed by atoms with Crippen molar-refractivity contribution in [3.8, 4) is 0 Å². The molecule has 14 heavy (non-hydrogen) atoms. The van der Waals surface area contributed by atoms with Crippen molar-refractivity contribution < 1.29 is 9.84 Å². The van der Waals surface area contributed by atoms with E-state index in [4.69, 9.17) is 4.74 Å². The average molecular weight is 198 g/mol. The zero-order chi connectivity index (χ0) is 10.6. The molecular weight excluding hydrogens is 176 g/mol. The molecule has 0 bridgehead atoms. The van der Waals surface area contributed by atoms with E-state index in [0.29, 0.717) is 0 Å². The maximum absolute atomic E-state index is 10.0. The van der Waals surface area contributed by atoms with Crippen molar-refractivity contribution in [1.82, 2.24) is 0 Å². The minimum atomic E-state index is -0.348. The first-order valence-electron chi connectivity index (χ1n) is 5.51. The molecule has 1 aliphatic heterocycles. The lowest BCUT2D eigenvalue weighted by molar-refractivity contribution is -0.137. The van der Waals surface area contributed by atoms with Gasteiger partial charge in [-0.1, -0.05) is 5.57 Å². The lowest BCUT2D eigenvalue weighted by Gasteiger charge is -2.38. The van der Waals surface area contributed by atoms with E-state index in [9.17, 15) is 5.11 Å². The fraction of sp³-hybridized carbons (Fsp3) is 0.833. The van der Waals surface area contributed by atoms with Gasteiger partial charge in [-0.3, -0.25) is 0 Å². The molecule has 2 atom stereocenters. The maximum Gasteiger partial charge on any atom is 0.0912 e. The Morgan fingerprint density at radius 1 is 1.57 bits per heavy atom. The summed E-state index contributed by atoms with van der Waals surface area (Å²) < 4.78 is 5.68. The van der Waals surface area contributed by atoms with Gasteiger partial charge >= 0.3 is 0 Å². The smallest absolute Gasteiger partial charge is 0.0912 e. The Morgan fingerprint density at radius 3 is 2.79 bits per heavy atom. The van der Waals surface area contributed by atoms with E-state index < -0.39 is 0 Å². The van der Waals surface area contributed by atoms with Gasteiger partial charge in [-0.15, -0.1) is 6.58 Å². The molecule has 2 unspecified atom stereocenters. The van der Waals surface area contributed by atoms with Crippen molar-refractivity contribution in [3.63, 3.8) is 0 Å². The molecule has 1 heterocycles. The summed E-state index contributed by atoms with van der Waals surface area (Å²) in [4.78, 5) is 0. The summed E-state index contributed by atoms with van der Waals surface area (Å²) in [6, 6.07) is 0. The van der Waals surface area contributed by atoms with Gasteiger partial charge in [0.15, 0.2) is 0 Å². The van der Waals surface area contributed by atoms with Crippen LogP contribution in [0.3, 0.4) is 0 Å². The topological polar surface area (TPSA) is 29.5 Å². The highest BCUT2D eigenvalue weighted by molar-refractivity contribution is 4.93. The molecule has 1 N–H and O–H groups in total. The minimum Gasteiger partial charge on any atom is -0.390 e. The Balaban J connectivity index is 2.40. The molecule has 0 aliphatic carbocycles. The number of ether oxygens (including phenoxy) is 1. The number of rotatable bonds is 4. The molecule has 0 saturated carbocycles. The Labute approximate surface area is 87.0 Å². The highest BCUT2D eigenvalue weighted by Gasteiger charge is 2.35. The molecule has 0 aromatic heterocycles. The zero-order valence-corrected chi connectivity index (χ0v) is 9.38. The monoisotopic (exact) mass is 198 g/mol. The first-order valence-corrected chi connectivity index (χ1v) is 5.51. The first kappa shape index (κ1) is 11.7. The predicted octanol–water partition coefficient (Wildman–Crippen LogP) is 2.66. The normalized spacial score (nSPS) is 29.9. The van der Waals surface area contributed by atoms with E-state index in [0.717, 1.165) is 37.9 Å². The maximum atomic E-state index is 10.0. The number of allylic oxidation sites excluding steroid dienone is 1. The highest BCUT2D eigenvalue weighted by Crippen LogP contribution is 2.30. The van der Waals surface area contributed by atoms with Crippen molar-refractivity contribution in [2.24, 2.45) is 0 Å². The zero-order valence-electron chi connectivity index (χ0n) is 9.38. The summed E-state index contributed by atoms with van der Waals surface area (Å²) in [6.45, 7) is 8.66. The number of aliphatic hydroxyl groups is 1. The van der Waals surface area contributed by atoms with Gasteiger partial charge in [0.2, 0.25) is 0 Å². The van der Waals surface area contributed by atoms with Crippen LogP contribution in [0.4, 0.5) is 0 Å². The standard InChI is InChI=1S/C12H22O2/c1-10(2)6-7-11(13)12(3)8-4-5-9-14-12/h11,13H,1,4-9H2,2-3H3. The number of aliphatic hydroxyl groups excluding tert-OH is 1. The van der Waals surface area contributed by atoms with Gasteiger partial charge in [0, 0.05) is 6.61 Å². The second kappa shape index (κ2) is 4.94. The molecular formula is C12H22O2. The molecule has 1 fully saturated rings. The Bertz CT molecular complexity index is 192. The summed E-state index contributed by atoms with van der Waals surface area (Å²) in [5.74, 6) is 0. The SMILES string of the molecule is C=C(C)CCC(O)C1(C)CCCCO1. The molecule has 0 amide bonds. The molecule has 1 rings (SSSR count).